The second-order valence-corrected chi connectivity index (χ2v) is 9.65. The van der Waals surface area contributed by atoms with E-state index < -0.39 is 5.60 Å². The number of hydrogen-bond donors (Lipinski definition) is 1. The molecule has 3 aromatic rings. The molecule has 4 nitrogen and oxygen atoms in total. The second kappa shape index (κ2) is 10.8. The Balaban J connectivity index is 0.00000289. The van der Waals surface area contributed by atoms with Crippen molar-refractivity contribution in [2.24, 2.45) is 5.92 Å². The first-order valence-corrected chi connectivity index (χ1v) is 11.6. The predicted molar refractivity (Wildman–Crippen MR) is 123 cm³/mol. The van der Waals surface area contributed by atoms with E-state index >= 15 is 0 Å². The number of aliphatic hydroxyl groups is 1. The molecule has 1 aromatic heterocycles. The average molecular weight is 499 g/mol. The second-order valence-electron chi connectivity index (χ2n) is 9.65. The first-order chi connectivity index (χ1) is 15.0. The third-order valence-corrected chi connectivity index (χ3v) is 6.72. The van der Waals surface area contributed by atoms with Crippen molar-refractivity contribution in [1.82, 2.24) is 4.98 Å². The monoisotopic (exact) mass is 498 g/mol. The van der Waals surface area contributed by atoms with Crippen LogP contribution in [0.5, 0.6) is 0 Å². The smallest absolute Gasteiger partial charge is 0.231 e. The minimum Gasteiger partial charge on any atom is -1.00 e. The standard InChI is InChI=1S/C27H35N2O2.BrH/c1-29(2,19-18-22-12-6-3-7-13-22)21-25-20-28-26(31-25)27(30,23-14-8-4-9-15-23)24-16-10-5-11-17-24;/h3-4,6-9,12-15,20,24,30H,5,10-11,16-19,21H2,1-2H3;1H/q+1;/p-1/t27-;/m0./s1. The lowest BCUT2D eigenvalue weighted by Crippen LogP contribution is -3.00. The number of benzene rings is 2. The lowest BCUT2D eigenvalue weighted by atomic mass is 9.73. The van der Waals surface area contributed by atoms with Gasteiger partial charge < -0.3 is 31.0 Å². The molecule has 1 aliphatic carbocycles. The van der Waals surface area contributed by atoms with Crippen LogP contribution in [-0.4, -0.2) is 35.2 Å². The molecule has 0 bridgehead atoms. The van der Waals surface area contributed by atoms with Crippen LogP contribution < -0.4 is 17.0 Å². The summed E-state index contributed by atoms with van der Waals surface area (Å²) >= 11 is 0. The van der Waals surface area contributed by atoms with E-state index in [-0.39, 0.29) is 22.9 Å². The van der Waals surface area contributed by atoms with Crippen molar-refractivity contribution in [2.75, 3.05) is 20.6 Å². The molecule has 0 unspecified atom stereocenters. The molecule has 1 fully saturated rings. The fourth-order valence-electron chi connectivity index (χ4n) is 4.88. The summed E-state index contributed by atoms with van der Waals surface area (Å²) in [5, 5.41) is 12.0. The Labute approximate surface area is 202 Å². The van der Waals surface area contributed by atoms with Crippen LogP contribution in [0.3, 0.4) is 0 Å². The molecule has 0 aliphatic heterocycles. The highest BCUT2D eigenvalue weighted by Gasteiger charge is 2.44. The van der Waals surface area contributed by atoms with E-state index in [0.717, 1.165) is 61.0 Å². The largest absolute Gasteiger partial charge is 1.00 e. The Kier molecular flexibility index (Phi) is 8.32. The van der Waals surface area contributed by atoms with Crippen molar-refractivity contribution in [3.8, 4) is 0 Å². The highest BCUT2D eigenvalue weighted by Crippen LogP contribution is 2.43. The zero-order valence-electron chi connectivity index (χ0n) is 19.2. The summed E-state index contributed by atoms with van der Waals surface area (Å²) in [6.07, 6.45) is 8.38. The molecule has 2 aromatic carbocycles. The summed E-state index contributed by atoms with van der Waals surface area (Å²) < 4.78 is 7.07. The molecule has 0 spiro atoms. The van der Waals surface area contributed by atoms with E-state index in [4.69, 9.17) is 4.42 Å². The van der Waals surface area contributed by atoms with Gasteiger partial charge in [-0.05, 0) is 24.0 Å². The molecule has 5 heteroatoms. The highest BCUT2D eigenvalue weighted by molar-refractivity contribution is 5.30. The van der Waals surface area contributed by atoms with Gasteiger partial charge in [0.2, 0.25) is 5.89 Å². The topological polar surface area (TPSA) is 46.3 Å². The fraction of sp³-hybridized carbons (Fsp3) is 0.444. The first kappa shape index (κ1) is 24.7. The molecule has 32 heavy (non-hydrogen) atoms. The van der Waals surface area contributed by atoms with Crippen LogP contribution in [-0.2, 0) is 18.6 Å². The summed E-state index contributed by atoms with van der Waals surface area (Å²) in [5.74, 6) is 1.41. The van der Waals surface area contributed by atoms with Crippen LogP contribution in [0.15, 0.2) is 71.3 Å². The van der Waals surface area contributed by atoms with Gasteiger partial charge in [-0.15, -0.1) is 0 Å². The van der Waals surface area contributed by atoms with E-state index in [9.17, 15) is 5.11 Å². The maximum atomic E-state index is 12.0. The lowest BCUT2D eigenvalue weighted by molar-refractivity contribution is -0.904. The number of likely N-dealkylation sites (N-methyl/N-ethyl adjacent to an activating group) is 1. The Bertz CT molecular complexity index is 952. The van der Waals surface area contributed by atoms with E-state index in [1.807, 2.05) is 36.5 Å². The third-order valence-electron chi connectivity index (χ3n) is 6.72. The zero-order valence-corrected chi connectivity index (χ0v) is 20.8. The lowest BCUT2D eigenvalue weighted by Gasteiger charge is -2.36. The van der Waals surface area contributed by atoms with Gasteiger partial charge in [-0.2, -0.15) is 0 Å². The highest BCUT2D eigenvalue weighted by atomic mass is 79.9. The minimum absolute atomic E-state index is 0. The minimum atomic E-state index is -1.17. The molecule has 1 aliphatic rings. The molecule has 1 N–H and O–H groups in total. The van der Waals surface area contributed by atoms with Gasteiger partial charge in [0.15, 0.2) is 11.4 Å². The van der Waals surface area contributed by atoms with Crippen molar-refractivity contribution in [1.29, 1.82) is 0 Å². The molecule has 1 atom stereocenters. The normalized spacial score (nSPS) is 16.8. The van der Waals surface area contributed by atoms with Gasteiger partial charge in [-0.25, -0.2) is 4.98 Å². The number of hydrogen-bond acceptors (Lipinski definition) is 3. The Hall–Kier alpha value is -1.95. The van der Waals surface area contributed by atoms with Crippen LogP contribution in [0, 0.1) is 5.92 Å². The van der Waals surface area contributed by atoms with Gasteiger partial charge in [-0.1, -0.05) is 79.9 Å². The van der Waals surface area contributed by atoms with Gasteiger partial charge in [0.1, 0.15) is 6.54 Å². The van der Waals surface area contributed by atoms with Gasteiger partial charge >= 0.3 is 0 Å². The van der Waals surface area contributed by atoms with Gasteiger partial charge in [0, 0.05) is 12.3 Å². The maximum Gasteiger partial charge on any atom is 0.231 e. The Morgan fingerprint density at radius 2 is 1.59 bits per heavy atom. The summed E-state index contributed by atoms with van der Waals surface area (Å²) in [5.41, 5.74) is 1.07. The molecule has 0 radical (unpaired) electrons. The molecule has 4 rings (SSSR count). The van der Waals surface area contributed by atoms with Crippen molar-refractivity contribution in [3.63, 3.8) is 0 Å². The molecular formula is C27H35BrN2O2. The maximum absolute atomic E-state index is 12.0. The van der Waals surface area contributed by atoms with Crippen LogP contribution in [0.1, 0.15) is 54.9 Å². The molecular weight excluding hydrogens is 464 g/mol. The summed E-state index contributed by atoms with van der Waals surface area (Å²) in [6.45, 7) is 1.75. The number of nitrogens with zero attached hydrogens (tertiary/aromatic N) is 2. The quantitative estimate of drug-likeness (QED) is 0.484. The van der Waals surface area contributed by atoms with Gasteiger partial charge in [-0.3, -0.25) is 0 Å². The number of quaternary nitrogens is 1. The molecule has 1 heterocycles. The molecule has 0 amide bonds. The average Bonchev–Trinajstić information content (AvgIpc) is 3.27. The summed E-state index contributed by atoms with van der Waals surface area (Å²) in [4.78, 5) is 4.62. The van der Waals surface area contributed by atoms with Crippen LogP contribution >= 0.6 is 0 Å². The van der Waals surface area contributed by atoms with E-state index in [1.165, 1.54) is 12.0 Å². The number of halogens is 1. The fourth-order valence-corrected chi connectivity index (χ4v) is 4.88. The van der Waals surface area contributed by atoms with Crippen molar-refractivity contribution in [3.05, 3.63) is 89.6 Å². The van der Waals surface area contributed by atoms with Crippen LogP contribution in [0.2, 0.25) is 0 Å². The summed E-state index contributed by atoms with van der Waals surface area (Å²) in [6, 6.07) is 20.5. The van der Waals surface area contributed by atoms with Gasteiger partial charge in [0.05, 0.1) is 26.8 Å². The number of rotatable bonds is 8. The van der Waals surface area contributed by atoms with E-state index in [2.05, 4.69) is 49.4 Å². The SMILES string of the molecule is C[N+](C)(CCc1ccccc1)Cc1cnc([C@](O)(c2ccccc2)C2CCCCC2)o1.[Br-]. The predicted octanol–water partition coefficient (Wildman–Crippen LogP) is 2.31. The third kappa shape index (κ3) is 5.69. The zero-order chi connectivity index (χ0) is 21.7. The summed E-state index contributed by atoms with van der Waals surface area (Å²) in [7, 11) is 4.44. The van der Waals surface area contributed by atoms with Crippen molar-refractivity contribution in [2.45, 2.75) is 50.7 Å². The Morgan fingerprint density at radius 3 is 2.25 bits per heavy atom. The molecule has 172 valence electrons. The number of oxazole rings is 1. The molecule has 1 saturated carbocycles. The van der Waals surface area contributed by atoms with Crippen molar-refractivity contribution >= 4 is 0 Å². The number of aromatic nitrogens is 1. The van der Waals surface area contributed by atoms with E-state index in [0.29, 0.717) is 5.89 Å². The van der Waals surface area contributed by atoms with Gasteiger partial charge in [0.25, 0.3) is 0 Å². The molecule has 0 saturated heterocycles. The van der Waals surface area contributed by atoms with Crippen molar-refractivity contribution < 1.29 is 31.0 Å². The van der Waals surface area contributed by atoms with Crippen LogP contribution in [0.25, 0.3) is 0 Å². The van der Waals surface area contributed by atoms with Crippen LogP contribution in [0.4, 0.5) is 0 Å². The Morgan fingerprint density at radius 1 is 0.969 bits per heavy atom. The first-order valence-electron chi connectivity index (χ1n) is 11.6. The van der Waals surface area contributed by atoms with E-state index in [1.54, 1.807) is 0 Å².